The second kappa shape index (κ2) is 10.9. The molecular weight excluding hydrogens is 583 g/mol. The van der Waals surface area contributed by atoms with Crippen molar-refractivity contribution in [1.29, 1.82) is 0 Å². The monoisotopic (exact) mass is 608 g/mol. The van der Waals surface area contributed by atoms with Gasteiger partial charge in [-0.2, -0.15) is 0 Å². The van der Waals surface area contributed by atoms with E-state index in [1.165, 1.54) is 55.3 Å². The Balaban J connectivity index is 0.00000147. The SMILES string of the molecule is C[C](C)=[Zr+2]([C]1=CC=C2C1=CCc1ccc3ccccc3c12)[CH]1C=Cc2c(-c3ccccc3)cccc21.[Cl-].[Cl-]. The Kier molecular flexibility index (Phi) is 7.75. The van der Waals surface area contributed by atoms with Gasteiger partial charge in [-0.15, -0.1) is 0 Å². The van der Waals surface area contributed by atoms with Gasteiger partial charge in [-0.05, 0) is 0 Å². The number of hydrogen-bond acceptors (Lipinski definition) is 0. The first kappa shape index (κ1) is 27.0. The molecule has 0 radical (unpaired) electrons. The third kappa shape index (κ3) is 4.30. The van der Waals surface area contributed by atoms with Crippen molar-refractivity contribution >= 4 is 25.6 Å². The van der Waals surface area contributed by atoms with E-state index in [0.29, 0.717) is 3.63 Å². The van der Waals surface area contributed by atoms with Crippen molar-refractivity contribution in [3.63, 3.8) is 0 Å². The molecule has 3 aliphatic carbocycles. The fraction of sp³-hybridized carbons (Fsp3) is 0.114. The molecule has 4 aromatic carbocycles. The number of hydrogen-bond donors (Lipinski definition) is 0. The van der Waals surface area contributed by atoms with Crippen LogP contribution in [0.3, 0.4) is 0 Å². The van der Waals surface area contributed by atoms with E-state index in [0.717, 1.165) is 6.42 Å². The van der Waals surface area contributed by atoms with Gasteiger partial charge in [0.25, 0.3) is 0 Å². The quantitative estimate of drug-likeness (QED) is 0.335. The Morgan fingerprint density at radius 3 is 2.37 bits per heavy atom. The first-order chi connectivity index (χ1) is 17.7. The Bertz CT molecular complexity index is 1710. The van der Waals surface area contributed by atoms with Crippen LogP contribution in [0.5, 0.6) is 0 Å². The molecule has 3 aliphatic rings. The van der Waals surface area contributed by atoms with Crippen LogP contribution in [0.1, 0.15) is 39.7 Å². The fourth-order valence-electron chi connectivity index (χ4n) is 6.39. The number of allylic oxidation sites excluding steroid dienone is 7. The van der Waals surface area contributed by atoms with Crippen LogP contribution < -0.4 is 24.8 Å². The normalized spacial score (nSPS) is 16.0. The smallest absolute Gasteiger partial charge is 1.00 e. The van der Waals surface area contributed by atoms with Crippen molar-refractivity contribution < 1.29 is 46.1 Å². The molecule has 0 heterocycles. The average molecular weight is 611 g/mol. The maximum Gasteiger partial charge on any atom is -1.00 e. The van der Waals surface area contributed by atoms with E-state index in [1.54, 1.807) is 6.49 Å². The van der Waals surface area contributed by atoms with Crippen LogP contribution in [0, 0.1) is 0 Å². The zero-order chi connectivity index (χ0) is 24.2. The van der Waals surface area contributed by atoms with Gasteiger partial charge in [0.05, 0.1) is 0 Å². The first-order valence-corrected chi connectivity index (χ1v) is 16.8. The molecule has 0 nitrogen and oxygen atoms in total. The molecule has 0 N–H and O–H groups in total. The maximum atomic E-state index is 2.53. The van der Waals surface area contributed by atoms with Crippen LogP contribution >= 0.6 is 0 Å². The van der Waals surface area contributed by atoms with Crippen LogP contribution in [0.4, 0.5) is 0 Å². The van der Waals surface area contributed by atoms with Crippen molar-refractivity contribution in [3.8, 4) is 11.1 Å². The van der Waals surface area contributed by atoms with Gasteiger partial charge >= 0.3 is 222 Å². The van der Waals surface area contributed by atoms with Crippen molar-refractivity contribution in [2.75, 3.05) is 0 Å². The molecule has 0 bridgehead atoms. The number of benzene rings is 4. The summed E-state index contributed by atoms with van der Waals surface area (Å²) in [4.78, 5) is 0. The molecule has 7 rings (SSSR count). The van der Waals surface area contributed by atoms with Gasteiger partial charge in [0.1, 0.15) is 0 Å². The molecule has 4 aromatic rings. The van der Waals surface area contributed by atoms with E-state index in [2.05, 4.69) is 129 Å². The molecule has 0 aliphatic heterocycles. The van der Waals surface area contributed by atoms with E-state index >= 15 is 0 Å². The van der Waals surface area contributed by atoms with Crippen LogP contribution in [0.15, 0.2) is 118 Å². The molecule has 0 saturated heterocycles. The minimum absolute atomic E-state index is 0. The molecule has 186 valence electrons. The van der Waals surface area contributed by atoms with E-state index in [1.807, 2.05) is 0 Å². The van der Waals surface area contributed by atoms with Crippen molar-refractivity contribution in [3.05, 3.63) is 140 Å². The standard InChI is InChI=1S/C17H11.C15H11.C3H6.2ClH.Zr/c1-2-6-15-12(4-1)8-10-14-11-9-13-5-3-7-16(13)17(14)15;1-2-6-12(7-3-1)14-10-4-8-13-9-5-11-15(13)14;1-3-2;;;/h1-4,6-10H,11H2;1-11H;1-2H3;2*1H;/q;;;;;+2/p-2. The van der Waals surface area contributed by atoms with Gasteiger partial charge < -0.3 is 24.8 Å². The predicted octanol–water partition coefficient (Wildman–Crippen LogP) is 2.88. The number of halogens is 2. The summed E-state index contributed by atoms with van der Waals surface area (Å²) in [5.74, 6) is 0. The minimum atomic E-state index is -2.22. The molecule has 0 saturated carbocycles. The first-order valence-electron chi connectivity index (χ1n) is 12.9. The Labute approximate surface area is 245 Å². The fourth-order valence-corrected chi connectivity index (χ4v) is 14.1. The van der Waals surface area contributed by atoms with E-state index in [9.17, 15) is 0 Å². The summed E-state index contributed by atoms with van der Waals surface area (Å²) in [6, 6.07) is 31.3. The van der Waals surface area contributed by atoms with Crippen LogP contribution in [-0.4, -0.2) is 3.21 Å². The van der Waals surface area contributed by atoms with Crippen molar-refractivity contribution in [1.82, 2.24) is 0 Å². The second-order valence-corrected chi connectivity index (χ2v) is 17.6. The second-order valence-electron chi connectivity index (χ2n) is 10.2. The van der Waals surface area contributed by atoms with Gasteiger partial charge in [0, 0.05) is 0 Å². The van der Waals surface area contributed by atoms with Gasteiger partial charge in [-0.25, -0.2) is 0 Å². The molecular formula is C35H28Cl2Zr. The molecule has 1 unspecified atom stereocenters. The van der Waals surface area contributed by atoms with Crippen LogP contribution in [-0.2, 0) is 27.7 Å². The third-order valence-corrected chi connectivity index (χ3v) is 15.9. The Morgan fingerprint density at radius 2 is 1.55 bits per heavy atom. The number of rotatable bonds is 3. The average Bonchev–Trinajstić information content (AvgIpc) is 3.54. The predicted molar refractivity (Wildman–Crippen MR) is 152 cm³/mol. The molecule has 1 atom stereocenters. The summed E-state index contributed by atoms with van der Waals surface area (Å²) >= 11 is -2.22. The van der Waals surface area contributed by atoms with Gasteiger partial charge in [0.2, 0.25) is 0 Å². The van der Waals surface area contributed by atoms with Crippen molar-refractivity contribution in [2.45, 2.75) is 23.9 Å². The maximum absolute atomic E-state index is 2.53. The third-order valence-electron chi connectivity index (χ3n) is 7.96. The Morgan fingerprint density at radius 1 is 0.763 bits per heavy atom. The topological polar surface area (TPSA) is 0 Å². The zero-order valence-corrected chi connectivity index (χ0v) is 25.5. The summed E-state index contributed by atoms with van der Waals surface area (Å²) in [5, 5.41) is 2.73. The van der Waals surface area contributed by atoms with Gasteiger partial charge in [-0.1, -0.05) is 0 Å². The molecule has 0 aromatic heterocycles. The Hall–Kier alpha value is -2.57. The summed E-state index contributed by atoms with van der Waals surface area (Å²) in [7, 11) is 0. The summed E-state index contributed by atoms with van der Waals surface area (Å²) in [6.07, 6.45) is 13.4. The van der Waals surface area contributed by atoms with E-state index in [4.69, 9.17) is 0 Å². The van der Waals surface area contributed by atoms with E-state index < -0.39 is 21.3 Å². The van der Waals surface area contributed by atoms with Crippen molar-refractivity contribution in [2.24, 2.45) is 0 Å². The van der Waals surface area contributed by atoms with Crippen LogP contribution in [0.2, 0.25) is 0 Å². The zero-order valence-electron chi connectivity index (χ0n) is 21.5. The largest absolute Gasteiger partial charge is 1.00 e. The molecule has 3 heteroatoms. The minimum Gasteiger partial charge on any atom is -1.00 e. The summed E-state index contributed by atoms with van der Waals surface area (Å²) < 4.78 is 3.87. The van der Waals surface area contributed by atoms with Gasteiger partial charge in [0.15, 0.2) is 0 Å². The summed E-state index contributed by atoms with van der Waals surface area (Å²) in [6.45, 7) is 4.79. The molecule has 0 amide bonds. The van der Waals surface area contributed by atoms with Crippen LogP contribution in [0.25, 0.3) is 33.5 Å². The molecule has 0 spiro atoms. The van der Waals surface area contributed by atoms with Gasteiger partial charge in [-0.3, -0.25) is 0 Å². The molecule has 38 heavy (non-hydrogen) atoms. The molecule has 0 fully saturated rings. The number of fused-ring (bicyclic) bond motifs is 6. The van der Waals surface area contributed by atoms with E-state index in [-0.39, 0.29) is 24.8 Å². The summed E-state index contributed by atoms with van der Waals surface area (Å²) in [5.41, 5.74) is 11.5.